The van der Waals surface area contributed by atoms with Crippen molar-refractivity contribution in [3.05, 3.63) is 33.9 Å². The number of nitrogens with zero attached hydrogens (tertiary/aromatic N) is 2. The maximum atomic E-state index is 5.56. The molecule has 0 saturated heterocycles. The molecule has 5 heteroatoms. The Kier molecular flexibility index (Phi) is 3.81. The first-order valence-corrected chi connectivity index (χ1v) is 7.65. The van der Waals surface area contributed by atoms with E-state index in [9.17, 15) is 0 Å². The number of ether oxygens (including phenoxy) is 1. The number of H-pyrrole nitrogens is 1. The van der Waals surface area contributed by atoms with E-state index in [4.69, 9.17) is 4.74 Å². The summed E-state index contributed by atoms with van der Waals surface area (Å²) < 4.78 is 6.53. The number of hydrogen-bond acceptors (Lipinski definition) is 3. The number of benzene rings is 1. The summed E-state index contributed by atoms with van der Waals surface area (Å²) in [5, 5.41) is 7.69. The van der Waals surface area contributed by atoms with Gasteiger partial charge >= 0.3 is 0 Å². The molecule has 0 amide bonds. The largest absolute Gasteiger partial charge is 0.493 e. The molecule has 0 aliphatic carbocycles. The van der Waals surface area contributed by atoms with Crippen molar-refractivity contribution in [3.8, 4) is 17.0 Å². The van der Waals surface area contributed by atoms with Gasteiger partial charge in [-0.25, -0.2) is 0 Å². The fourth-order valence-electron chi connectivity index (χ4n) is 2.59. The average Bonchev–Trinajstić information content (AvgIpc) is 2.84. The summed E-state index contributed by atoms with van der Waals surface area (Å²) in [5.41, 5.74) is 4.75. The Labute approximate surface area is 127 Å². The lowest BCUT2D eigenvalue weighted by molar-refractivity contribution is 0.312. The summed E-state index contributed by atoms with van der Waals surface area (Å²) in [5.74, 6) is 0.873. The molecule has 1 N–H and O–H groups in total. The maximum absolute atomic E-state index is 5.56. The third kappa shape index (κ3) is 2.47. The maximum Gasteiger partial charge on any atom is 0.133 e. The van der Waals surface area contributed by atoms with Crippen LogP contribution in [0.25, 0.3) is 11.3 Å². The lowest BCUT2D eigenvalue weighted by Gasteiger charge is -2.22. The molecule has 0 atom stereocenters. The van der Waals surface area contributed by atoms with Gasteiger partial charge in [0, 0.05) is 36.3 Å². The monoisotopic (exact) mass is 335 g/mol. The van der Waals surface area contributed by atoms with Gasteiger partial charge in [0.25, 0.3) is 0 Å². The summed E-state index contributed by atoms with van der Waals surface area (Å²) in [6.45, 7) is 4.69. The van der Waals surface area contributed by atoms with E-state index in [1.54, 1.807) is 0 Å². The highest BCUT2D eigenvalue weighted by molar-refractivity contribution is 9.10. The Balaban J connectivity index is 1.98. The quantitative estimate of drug-likeness (QED) is 0.936. The van der Waals surface area contributed by atoms with E-state index < -0.39 is 0 Å². The van der Waals surface area contributed by atoms with Gasteiger partial charge in [0.2, 0.25) is 0 Å². The van der Waals surface area contributed by atoms with Crippen molar-refractivity contribution in [2.24, 2.45) is 0 Å². The van der Waals surface area contributed by atoms with Crippen LogP contribution in [-0.4, -0.2) is 35.3 Å². The first-order valence-electron chi connectivity index (χ1n) is 6.86. The van der Waals surface area contributed by atoms with E-state index >= 15 is 0 Å². The molecule has 2 heterocycles. The SMILES string of the molecule is CCOc1ccc(-c2n[nH]c3c2CN(C)CC3)cc1Br. The molecule has 2 aromatic rings. The number of nitrogens with one attached hydrogen (secondary N) is 1. The van der Waals surface area contributed by atoms with Crippen LogP contribution in [0.15, 0.2) is 22.7 Å². The van der Waals surface area contributed by atoms with Crippen molar-refractivity contribution in [2.45, 2.75) is 19.9 Å². The van der Waals surface area contributed by atoms with Crippen LogP contribution in [0.5, 0.6) is 5.75 Å². The van der Waals surface area contributed by atoms with Crippen LogP contribution in [0.3, 0.4) is 0 Å². The molecular formula is C15H18BrN3O. The van der Waals surface area contributed by atoms with Crippen LogP contribution < -0.4 is 4.74 Å². The highest BCUT2D eigenvalue weighted by Crippen LogP contribution is 2.33. The van der Waals surface area contributed by atoms with Crippen molar-refractivity contribution in [2.75, 3.05) is 20.2 Å². The van der Waals surface area contributed by atoms with Crippen LogP contribution in [-0.2, 0) is 13.0 Å². The predicted octanol–water partition coefficient (Wildman–Crippen LogP) is 3.23. The highest BCUT2D eigenvalue weighted by Gasteiger charge is 2.21. The van der Waals surface area contributed by atoms with Crippen LogP contribution >= 0.6 is 15.9 Å². The molecule has 20 heavy (non-hydrogen) atoms. The number of rotatable bonds is 3. The second kappa shape index (κ2) is 5.58. The van der Waals surface area contributed by atoms with Crippen molar-refractivity contribution in [3.63, 3.8) is 0 Å². The summed E-state index contributed by atoms with van der Waals surface area (Å²) in [6.07, 6.45) is 1.04. The second-order valence-corrected chi connectivity index (χ2v) is 5.95. The minimum atomic E-state index is 0.667. The van der Waals surface area contributed by atoms with Crippen molar-refractivity contribution in [1.29, 1.82) is 0 Å². The van der Waals surface area contributed by atoms with Gasteiger partial charge in [-0.1, -0.05) is 0 Å². The van der Waals surface area contributed by atoms with E-state index in [0.717, 1.165) is 41.0 Å². The number of aromatic amines is 1. The predicted molar refractivity (Wildman–Crippen MR) is 82.9 cm³/mol. The average molecular weight is 336 g/mol. The van der Waals surface area contributed by atoms with Crippen molar-refractivity contribution < 1.29 is 4.74 Å². The Bertz CT molecular complexity index is 624. The highest BCUT2D eigenvalue weighted by atomic mass is 79.9. The zero-order valence-corrected chi connectivity index (χ0v) is 13.3. The molecule has 106 valence electrons. The van der Waals surface area contributed by atoms with E-state index in [1.807, 2.05) is 13.0 Å². The Morgan fingerprint density at radius 1 is 1.45 bits per heavy atom. The van der Waals surface area contributed by atoms with Gasteiger partial charge in [-0.15, -0.1) is 0 Å². The lowest BCUT2D eigenvalue weighted by atomic mass is 10.0. The number of halogens is 1. The van der Waals surface area contributed by atoms with Gasteiger partial charge in [-0.2, -0.15) is 5.10 Å². The lowest BCUT2D eigenvalue weighted by Crippen LogP contribution is -2.26. The Morgan fingerprint density at radius 3 is 3.05 bits per heavy atom. The third-order valence-electron chi connectivity index (χ3n) is 3.63. The fraction of sp³-hybridized carbons (Fsp3) is 0.400. The number of aromatic nitrogens is 2. The molecule has 1 aliphatic rings. The fourth-order valence-corrected chi connectivity index (χ4v) is 3.08. The van der Waals surface area contributed by atoms with Gasteiger partial charge in [-0.05, 0) is 48.1 Å². The van der Waals surface area contributed by atoms with Gasteiger partial charge < -0.3 is 9.64 Å². The van der Waals surface area contributed by atoms with Crippen LogP contribution in [0.4, 0.5) is 0 Å². The minimum Gasteiger partial charge on any atom is -0.493 e. The normalized spacial score (nSPS) is 15.2. The molecule has 0 saturated carbocycles. The molecule has 0 spiro atoms. The molecule has 1 aromatic carbocycles. The molecule has 0 unspecified atom stereocenters. The number of likely N-dealkylation sites (N-methyl/N-ethyl adjacent to an activating group) is 1. The summed E-state index contributed by atoms with van der Waals surface area (Å²) in [6, 6.07) is 6.15. The van der Waals surface area contributed by atoms with Gasteiger partial charge in [0.05, 0.1) is 16.8 Å². The molecule has 3 rings (SSSR count). The van der Waals surface area contributed by atoms with Gasteiger partial charge in [-0.3, -0.25) is 5.10 Å². The minimum absolute atomic E-state index is 0.667. The van der Waals surface area contributed by atoms with E-state index in [2.05, 4.69) is 50.2 Å². The molecule has 1 aliphatic heterocycles. The van der Waals surface area contributed by atoms with Crippen molar-refractivity contribution in [1.82, 2.24) is 15.1 Å². The molecule has 1 aromatic heterocycles. The zero-order chi connectivity index (χ0) is 14.1. The Morgan fingerprint density at radius 2 is 2.30 bits per heavy atom. The van der Waals surface area contributed by atoms with Crippen LogP contribution in [0.1, 0.15) is 18.2 Å². The molecule has 0 radical (unpaired) electrons. The summed E-state index contributed by atoms with van der Waals surface area (Å²) >= 11 is 3.57. The first kappa shape index (κ1) is 13.6. The summed E-state index contributed by atoms with van der Waals surface area (Å²) in [7, 11) is 2.15. The first-order chi connectivity index (χ1) is 9.69. The standard InChI is InChI=1S/C15H18BrN3O/c1-3-20-14-5-4-10(8-12(14)16)15-11-9-19(2)7-6-13(11)17-18-15/h4-5,8H,3,6-7,9H2,1-2H3,(H,17,18). The van der Waals surface area contributed by atoms with Crippen LogP contribution in [0.2, 0.25) is 0 Å². The third-order valence-corrected chi connectivity index (χ3v) is 4.25. The molecule has 0 bridgehead atoms. The van der Waals surface area contributed by atoms with E-state index in [1.165, 1.54) is 11.3 Å². The molecule has 4 nitrogen and oxygen atoms in total. The second-order valence-electron chi connectivity index (χ2n) is 5.10. The molecule has 0 fully saturated rings. The zero-order valence-electron chi connectivity index (χ0n) is 11.7. The number of hydrogen-bond donors (Lipinski definition) is 1. The smallest absolute Gasteiger partial charge is 0.133 e. The number of fused-ring (bicyclic) bond motifs is 1. The molecular weight excluding hydrogens is 318 g/mol. The van der Waals surface area contributed by atoms with Crippen LogP contribution in [0, 0.1) is 0 Å². The van der Waals surface area contributed by atoms with E-state index in [-0.39, 0.29) is 0 Å². The van der Waals surface area contributed by atoms with Gasteiger partial charge in [0.15, 0.2) is 0 Å². The summed E-state index contributed by atoms with van der Waals surface area (Å²) in [4.78, 5) is 2.32. The van der Waals surface area contributed by atoms with E-state index in [0.29, 0.717) is 6.61 Å². The van der Waals surface area contributed by atoms with Crippen molar-refractivity contribution >= 4 is 15.9 Å². The van der Waals surface area contributed by atoms with Gasteiger partial charge in [0.1, 0.15) is 5.75 Å². The topological polar surface area (TPSA) is 41.1 Å². The Hall–Kier alpha value is -1.33.